The number of carbonyl (C=O) groups excluding carboxylic acids is 1. The van der Waals surface area contributed by atoms with Crippen LogP contribution < -0.4 is 5.32 Å². The number of nitrogens with zero attached hydrogens (tertiary/aromatic N) is 1. The maximum absolute atomic E-state index is 11.8. The zero-order chi connectivity index (χ0) is 14.4. The van der Waals surface area contributed by atoms with Gasteiger partial charge in [-0.2, -0.15) is 0 Å². The van der Waals surface area contributed by atoms with Crippen molar-refractivity contribution in [3.05, 3.63) is 23.8 Å². The molecule has 0 aliphatic carbocycles. The fourth-order valence-corrected chi connectivity index (χ4v) is 1.93. The Hall–Kier alpha value is -1.75. The predicted molar refractivity (Wildman–Crippen MR) is 74.1 cm³/mol. The number of aromatic hydroxyl groups is 2. The van der Waals surface area contributed by atoms with Gasteiger partial charge in [0.15, 0.2) is 0 Å². The van der Waals surface area contributed by atoms with E-state index in [1.807, 2.05) is 20.8 Å². The van der Waals surface area contributed by atoms with Crippen LogP contribution in [0.15, 0.2) is 18.2 Å². The molecule has 5 heteroatoms. The molecule has 1 rings (SSSR count). The molecule has 0 saturated heterocycles. The van der Waals surface area contributed by atoms with Crippen LogP contribution in [-0.2, 0) is 4.79 Å². The number of phenolic OH excluding ortho intramolecular Hbond substituents is 2. The summed E-state index contributed by atoms with van der Waals surface area (Å²) in [6, 6.07) is 4.14. The van der Waals surface area contributed by atoms with Crippen LogP contribution in [0, 0.1) is 0 Å². The zero-order valence-electron chi connectivity index (χ0n) is 11.7. The van der Waals surface area contributed by atoms with Gasteiger partial charge in [-0.1, -0.05) is 0 Å². The number of amides is 1. The van der Waals surface area contributed by atoms with Crippen LogP contribution in [0.1, 0.15) is 32.4 Å². The average molecular weight is 266 g/mol. The number of nitrogens with one attached hydrogen (secondary N) is 1. The Bertz CT molecular complexity index is 431. The number of hydrogen-bond acceptors (Lipinski definition) is 4. The van der Waals surface area contributed by atoms with Gasteiger partial charge in [0.2, 0.25) is 5.91 Å². The summed E-state index contributed by atoms with van der Waals surface area (Å²) in [4.78, 5) is 13.6. The van der Waals surface area contributed by atoms with Gasteiger partial charge in [0, 0.05) is 24.7 Å². The molecule has 5 nitrogen and oxygen atoms in total. The highest BCUT2D eigenvalue weighted by Gasteiger charge is 2.14. The molecule has 0 aliphatic heterocycles. The second kappa shape index (κ2) is 6.99. The van der Waals surface area contributed by atoms with Crippen molar-refractivity contribution < 1.29 is 15.0 Å². The molecule has 0 heterocycles. The lowest BCUT2D eigenvalue weighted by atomic mass is 10.1. The lowest BCUT2D eigenvalue weighted by molar-refractivity contribution is -0.129. The van der Waals surface area contributed by atoms with E-state index in [1.54, 1.807) is 4.90 Å². The van der Waals surface area contributed by atoms with Crippen LogP contribution in [0.25, 0.3) is 0 Å². The van der Waals surface area contributed by atoms with E-state index in [2.05, 4.69) is 5.32 Å². The third kappa shape index (κ3) is 4.13. The van der Waals surface area contributed by atoms with Gasteiger partial charge >= 0.3 is 0 Å². The number of rotatable bonds is 6. The van der Waals surface area contributed by atoms with Gasteiger partial charge in [-0.15, -0.1) is 0 Å². The van der Waals surface area contributed by atoms with Crippen LogP contribution >= 0.6 is 0 Å². The standard InChI is InChI=1S/C14H22N2O3/c1-4-16(5-2)14(19)9-15-10(3)12-8-11(17)6-7-13(12)18/h6-8,10,15,17-18H,4-5,9H2,1-3H3. The third-order valence-corrected chi connectivity index (χ3v) is 3.15. The van der Waals surface area contributed by atoms with Crippen molar-refractivity contribution in [2.24, 2.45) is 0 Å². The van der Waals surface area contributed by atoms with Crippen LogP contribution in [0.2, 0.25) is 0 Å². The van der Waals surface area contributed by atoms with Crippen molar-refractivity contribution in [1.82, 2.24) is 10.2 Å². The molecule has 106 valence electrons. The molecule has 0 aliphatic rings. The Labute approximate surface area is 113 Å². The van der Waals surface area contributed by atoms with Crippen molar-refractivity contribution in [2.45, 2.75) is 26.8 Å². The third-order valence-electron chi connectivity index (χ3n) is 3.15. The Morgan fingerprint density at radius 1 is 1.32 bits per heavy atom. The maximum Gasteiger partial charge on any atom is 0.236 e. The predicted octanol–water partition coefficient (Wildman–Crippen LogP) is 1.62. The Morgan fingerprint density at radius 3 is 2.53 bits per heavy atom. The summed E-state index contributed by atoms with van der Waals surface area (Å²) < 4.78 is 0. The highest BCUT2D eigenvalue weighted by molar-refractivity contribution is 5.78. The lowest BCUT2D eigenvalue weighted by Gasteiger charge is -2.21. The Balaban J connectivity index is 2.62. The summed E-state index contributed by atoms with van der Waals surface area (Å²) in [6.07, 6.45) is 0. The smallest absolute Gasteiger partial charge is 0.236 e. The van der Waals surface area contributed by atoms with Gasteiger partial charge in [0.1, 0.15) is 11.5 Å². The number of hydrogen-bond donors (Lipinski definition) is 3. The Morgan fingerprint density at radius 2 is 1.95 bits per heavy atom. The van der Waals surface area contributed by atoms with Gasteiger partial charge in [-0.25, -0.2) is 0 Å². The minimum atomic E-state index is -0.216. The monoisotopic (exact) mass is 266 g/mol. The molecule has 0 spiro atoms. The summed E-state index contributed by atoms with van der Waals surface area (Å²) >= 11 is 0. The minimum Gasteiger partial charge on any atom is -0.508 e. The zero-order valence-corrected chi connectivity index (χ0v) is 11.7. The lowest BCUT2D eigenvalue weighted by Crippen LogP contribution is -2.38. The molecule has 1 amide bonds. The van der Waals surface area contributed by atoms with Crippen molar-refractivity contribution in [2.75, 3.05) is 19.6 Å². The van der Waals surface area contributed by atoms with Crippen LogP contribution in [0.5, 0.6) is 11.5 Å². The highest BCUT2D eigenvalue weighted by Crippen LogP contribution is 2.27. The summed E-state index contributed by atoms with van der Waals surface area (Å²) in [6.45, 7) is 7.28. The summed E-state index contributed by atoms with van der Waals surface area (Å²) in [7, 11) is 0. The van der Waals surface area contributed by atoms with Gasteiger partial charge < -0.3 is 20.4 Å². The SMILES string of the molecule is CCN(CC)C(=O)CNC(C)c1cc(O)ccc1O. The number of carbonyl (C=O) groups is 1. The average Bonchev–Trinajstić information content (AvgIpc) is 2.40. The van der Waals surface area contributed by atoms with E-state index >= 15 is 0 Å². The van der Waals surface area contributed by atoms with E-state index in [4.69, 9.17) is 0 Å². The van der Waals surface area contributed by atoms with Gasteiger partial charge in [0.25, 0.3) is 0 Å². The largest absolute Gasteiger partial charge is 0.508 e. The minimum absolute atomic E-state index is 0.0245. The first-order chi connectivity index (χ1) is 8.99. The molecule has 3 N–H and O–H groups in total. The Kier molecular flexibility index (Phi) is 5.63. The fraction of sp³-hybridized carbons (Fsp3) is 0.500. The second-order valence-electron chi connectivity index (χ2n) is 4.41. The van der Waals surface area contributed by atoms with Crippen LogP contribution in [0.3, 0.4) is 0 Å². The molecule has 0 radical (unpaired) electrons. The topological polar surface area (TPSA) is 72.8 Å². The quantitative estimate of drug-likeness (QED) is 0.684. The number of likely N-dealkylation sites (N-methyl/N-ethyl adjacent to an activating group) is 1. The number of benzene rings is 1. The van der Waals surface area contributed by atoms with E-state index in [1.165, 1.54) is 18.2 Å². The van der Waals surface area contributed by atoms with Gasteiger partial charge in [-0.05, 0) is 39.0 Å². The molecule has 1 aromatic rings. The van der Waals surface area contributed by atoms with E-state index in [0.29, 0.717) is 18.7 Å². The molecule has 0 aromatic heterocycles. The van der Waals surface area contributed by atoms with Crippen molar-refractivity contribution in [3.8, 4) is 11.5 Å². The van der Waals surface area contributed by atoms with Crippen LogP contribution in [0.4, 0.5) is 0 Å². The van der Waals surface area contributed by atoms with E-state index in [0.717, 1.165) is 0 Å². The molecule has 0 saturated carbocycles. The normalized spacial score (nSPS) is 12.2. The van der Waals surface area contributed by atoms with Gasteiger partial charge in [-0.3, -0.25) is 4.79 Å². The molecule has 0 fully saturated rings. The molecule has 1 aromatic carbocycles. The summed E-state index contributed by atoms with van der Waals surface area (Å²) in [5.41, 5.74) is 0.576. The first kappa shape index (κ1) is 15.3. The molecule has 19 heavy (non-hydrogen) atoms. The fourth-order valence-electron chi connectivity index (χ4n) is 1.93. The molecule has 1 atom stereocenters. The molecular weight excluding hydrogens is 244 g/mol. The summed E-state index contributed by atoms with van der Waals surface area (Å²) in [5.74, 6) is 0.223. The maximum atomic E-state index is 11.8. The second-order valence-corrected chi connectivity index (χ2v) is 4.41. The number of phenols is 2. The first-order valence-corrected chi connectivity index (χ1v) is 6.52. The molecule has 1 unspecified atom stereocenters. The van der Waals surface area contributed by atoms with E-state index in [-0.39, 0.29) is 30.0 Å². The van der Waals surface area contributed by atoms with E-state index < -0.39 is 0 Å². The highest BCUT2D eigenvalue weighted by atomic mass is 16.3. The van der Waals surface area contributed by atoms with Crippen molar-refractivity contribution in [1.29, 1.82) is 0 Å². The van der Waals surface area contributed by atoms with Crippen LogP contribution in [-0.4, -0.2) is 40.7 Å². The van der Waals surface area contributed by atoms with E-state index in [9.17, 15) is 15.0 Å². The first-order valence-electron chi connectivity index (χ1n) is 6.52. The molecule has 0 bridgehead atoms. The summed E-state index contributed by atoms with van der Waals surface area (Å²) in [5, 5.41) is 22.2. The van der Waals surface area contributed by atoms with Crippen molar-refractivity contribution in [3.63, 3.8) is 0 Å². The molecular formula is C14H22N2O3. The van der Waals surface area contributed by atoms with Crippen molar-refractivity contribution >= 4 is 5.91 Å². The van der Waals surface area contributed by atoms with Gasteiger partial charge in [0.05, 0.1) is 6.54 Å².